The molecule has 5 heteroatoms. The predicted molar refractivity (Wildman–Crippen MR) is 92.9 cm³/mol. The zero-order valence-corrected chi connectivity index (χ0v) is 14.0. The maximum atomic E-state index is 13.0. The van der Waals surface area contributed by atoms with E-state index in [1.54, 1.807) is 12.1 Å². The third-order valence-corrected chi connectivity index (χ3v) is 4.53. The Bertz CT molecular complexity index is 690. The van der Waals surface area contributed by atoms with Crippen LogP contribution in [0.1, 0.15) is 28.4 Å². The van der Waals surface area contributed by atoms with Crippen molar-refractivity contribution in [1.82, 2.24) is 4.90 Å². The summed E-state index contributed by atoms with van der Waals surface area (Å²) in [6.45, 7) is 2.09. The summed E-state index contributed by atoms with van der Waals surface area (Å²) in [7, 11) is 0. The average Bonchev–Trinajstić information content (AvgIpc) is 2.64. The van der Waals surface area contributed by atoms with Crippen LogP contribution in [0.3, 0.4) is 0 Å². The van der Waals surface area contributed by atoms with Gasteiger partial charge >= 0.3 is 0 Å². The predicted octanol–water partition coefficient (Wildman–Crippen LogP) is 2.83. The van der Waals surface area contributed by atoms with Crippen molar-refractivity contribution in [3.63, 3.8) is 0 Å². The normalized spacial score (nSPS) is 19.5. The van der Waals surface area contributed by atoms with Crippen molar-refractivity contribution >= 4 is 5.78 Å². The van der Waals surface area contributed by atoms with Gasteiger partial charge in [0.15, 0.2) is 5.78 Å². The summed E-state index contributed by atoms with van der Waals surface area (Å²) in [5.41, 5.74) is 1.35. The second-order valence-corrected chi connectivity index (χ2v) is 6.28. The molecular weight excluding hydrogens is 321 g/mol. The number of hydrogen-bond donors (Lipinski definition) is 1. The molecule has 0 aromatic heterocycles. The molecule has 3 rings (SSSR count). The number of Topliss-reactive ketones (excluding diaryl/α,β-unsaturated/α-hetero) is 1. The highest BCUT2D eigenvalue weighted by molar-refractivity contribution is 5.96. The van der Waals surface area contributed by atoms with E-state index in [9.17, 15) is 14.3 Å². The molecule has 2 aromatic rings. The Morgan fingerprint density at radius 1 is 1.20 bits per heavy atom. The SMILES string of the molecule is O=C(C[C@H]1COCCN1C[C@@H](O)c1ccc(F)cc1)c1ccccc1. The smallest absolute Gasteiger partial charge is 0.164 e. The van der Waals surface area contributed by atoms with Crippen molar-refractivity contribution in [2.24, 2.45) is 0 Å². The monoisotopic (exact) mass is 343 g/mol. The number of carbonyl (C=O) groups is 1. The fourth-order valence-electron chi connectivity index (χ4n) is 3.09. The van der Waals surface area contributed by atoms with Crippen LogP contribution in [0.2, 0.25) is 0 Å². The molecule has 1 aliphatic heterocycles. The Balaban J connectivity index is 1.64. The summed E-state index contributed by atoms with van der Waals surface area (Å²) in [6, 6.07) is 15.0. The lowest BCUT2D eigenvalue weighted by atomic mass is 10.0. The standard InChI is InChI=1S/C20H22FNO3/c21-17-8-6-16(7-9-17)20(24)13-22-10-11-25-14-18(22)12-19(23)15-4-2-1-3-5-15/h1-9,18,20,24H,10-14H2/t18-,20+/m0/s1. The molecule has 1 N–H and O–H groups in total. The molecule has 0 saturated carbocycles. The van der Waals surface area contributed by atoms with Crippen molar-refractivity contribution in [3.8, 4) is 0 Å². The first kappa shape index (κ1) is 17.7. The molecule has 0 aliphatic carbocycles. The Kier molecular flexibility index (Phi) is 5.91. The van der Waals surface area contributed by atoms with Gasteiger partial charge in [0.2, 0.25) is 0 Å². The van der Waals surface area contributed by atoms with E-state index in [1.807, 2.05) is 30.3 Å². The van der Waals surface area contributed by atoms with E-state index in [0.29, 0.717) is 43.9 Å². The summed E-state index contributed by atoms with van der Waals surface area (Å²) in [4.78, 5) is 14.5. The maximum Gasteiger partial charge on any atom is 0.164 e. The van der Waals surface area contributed by atoms with Crippen LogP contribution in [0.15, 0.2) is 54.6 Å². The molecule has 132 valence electrons. The first-order valence-electron chi connectivity index (χ1n) is 8.47. The van der Waals surface area contributed by atoms with Crippen LogP contribution in [0.4, 0.5) is 4.39 Å². The first-order valence-corrected chi connectivity index (χ1v) is 8.47. The number of ketones is 1. The van der Waals surface area contributed by atoms with Crippen LogP contribution in [0.5, 0.6) is 0 Å². The van der Waals surface area contributed by atoms with Crippen molar-refractivity contribution in [2.45, 2.75) is 18.6 Å². The van der Waals surface area contributed by atoms with E-state index in [0.717, 1.165) is 0 Å². The van der Waals surface area contributed by atoms with E-state index in [4.69, 9.17) is 4.74 Å². The lowest BCUT2D eigenvalue weighted by Gasteiger charge is -2.36. The van der Waals surface area contributed by atoms with E-state index in [1.165, 1.54) is 12.1 Å². The van der Waals surface area contributed by atoms with Gasteiger partial charge in [-0.3, -0.25) is 9.69 Å². The second-order valence-electron chi connectivity index (χ2n) is 6.28. The summed E-state index contributed by atoms with van der Waals surface area (Å²) in [6.07, 6.45) is -0.381. The molecule has 4 nitrogen and oxygen atoms in total. The van der Waals surface area contributed by atoms with Crippen molar-refractivity contribution in [3.05, 3.63) is 71.5 Å². The highest BCUT2D eigenvalue weighted by Gasteiger charge is 2.27. The fourth-order valence-corrected chi connectivity index (χ4v) is 3.09. The molecular formula is C20H22FNO3. The quantitative estimate of drug-likeness (QED) is 0.820. The minimum absolute atomic E-state index is 0.0670. The van der Waals surface area contributed by atoms with Crippen LogP contribution < -0.4 is 0 Å². The van der Waals surface area contributed by atoms with Gasteiger partial charge in [0.25, 0.3) is 0 Å². The molecule has 25 heavy (non-hydrogen) atoms. The van der Waals surface area contributed by atoms with Gasteiger partial charge in [0.05, 0.1) is 19.3 Å². The minimum atomic E-state index is -0.729. The van der Waals surface area contributed by atoms with Gasteiger partial charge in [-0.15, -0.1) is 0 Å². The minimum Gasteiger partial charge on any atom is -0.387 e. The number of nitrogens with zero attached hydrogens (tertiary/aromatic N) is 1. The Hall–Kier alpha value is -2.08. The number of benzene rings is 2. The molecule has 0 unspecified atom stereocenters. The van der Waals surface area contributed by atoms with Gasteiger partial charge in [0.1, 0.15) is 5.82 Å². The number of aliphatic hydroxyl groups is 1. The lowest BCUT2D eigenvalue weighted by Crippen LogP contribution is -2.48. The van der Waals surface area contributed by atoms with Crippen LogP contribution in [-0.2, 0) is 4.74 Å². The van der Waals surface area contributed by atoms with Gasteiger partial charge in [0, 0.05) is 31.1 Å². The Morgan fingerprint density at radius 3 is 2.64 bits per heavy atom. The molecule has 0 spiro atoms. The van der Waals surface area contributed by atoms with E-state index in [2.05, 4.69) is 4.90 Å². The molecule has 1 aliphatic rings. The molecule has 1 heterocycles. The maximum absolute atomic E-state index is 13.0. The fraction of sp³-hybridized carbons (Fsp3) is 0.350. The molecule has 2 atom stereocenters. The average molecular weight is 343 g/mol. The summed E-state index contributed by atoms with van der Waals surface area (Å²) in [5.74, 6) is -0.258. The summed E-state index contributed by atoms with van der Waals surface area (Å²) >= 11 is 0. The van der Waals surface area contributed by atoms with Gasteiger partial charge < -0.3 is 9.84 Å². The first-order chi connectivity index (χ1) is 12.1. The highest BCUT2D eigenvalue weighted by atomic mass is 19.1. The Morgan fingerprint density at radius 2 is 1.92 bits per heavy atom. The lowest BCUT2D eigenvalue weighted by molar-refractivity contribution is -0.0272. The number of ether oxygens (including phenoxy) is 1. The topological polar surface area (TPSA) is 49.8 Å². The Labute approximate surface area is 146 Å². The molecule has 0 bridgehead atoms. The van der Waals surface area contributed by atoms with Crippen LogP contribution in [0, 0.1) is 5.82 Å². The van der Waals surface area contributed by atoms with Gasteiger partial charge in [-0.05, 0) is 17.7 Å². The molecule has 0 radical (unpaired) electrons. The van der Waals surface area contributed by atoms with E-state index in [-0.39, 0.29) is 17.6 Å². The number of β-amino-alcohol motifs (C(OH)–C–C–N with tert-alkyl or cyclic N) is 1. The third kappa shape index (κ3) is 4.72. The largest absolute Gasteiger partial charge is 0.387 e. The number of halogens is 1. The van der Waals surface area contributed by atoms with Gasteiger partial charge in [-0.25, -0.2) is 4.39 Å². The van der Waals surface area contributed by atoms with Crippen molar-refractivity contribution in [1.29, 1.82) is 0 Å². The van der Waals surface area contributed by atoms with Crippen molar-refractivity contribution < 1.29 is 19.0 Å². The molecule has 1 saturated heterocycles. The van der Waals surface area contributed by atoms with E-state index < -0.39 is 6.10 Å². The number of aliphatic hydroxyl groups excluding tert-OH is 1. The number of hydrogen-bond acceptors (Lipinski definition) is 4. The number of carbonyl (C=O) groups excluding carboxylic acids is 1. The number of rotatable bonds is 6. The molecule has 1 fully saturated rings. The third-order valence-electron chi connectivity index (χ3n) is 4.53. The number of morpholine rings is 1. The molecule has 0 amide bonds. The second kappa shape index (κ2) is 8.34. The zero-order chi connectivity index (χ0) is 17.6. The molecule has 2 aromatic carbocycles. The van der Waals surface area contributed by atoms with Crippen molar-refractivity contribution in [2.75, 3.05) is 26.3 Å². The zero-order valence-electron chi connectivity index (χ0n) is 14.0. The van der Waals surface area contributed by atoms with Crippen LogP contribution in [-0.4, -0.2) is 48.1 Å². The van der Waals surface area contributed by atoms with Crippen LogP contribution in [0.25, 0.3) is 0 Å². The van der Waals surface area contributed by atoms with Crippen LogP contribution >= 0.6 is 0 Å². The van der Waals surface area contributed by atoms with Gasteiger partial charge in [-0.2, -0.15) is 0 Å². The summed E-state index contributed by atoms with van der Waals surface area (Å²) < 4.78 is 18.6. The van der Waals surface area contributed by atoms with Gasteiger partial charge in [-0.1, -0.05) is 42.5 Å². The highest BCUT2D eigenvalue weighted by Crippen LogP contribution is 2.20. The summed E-state index contributed by atoms with van der Waals surface area (Å²) in [5, 5.41) is 10.4. The van der Waals surface area contributed by atoms with E-state index >= 15 is 0 Å².